The minimum atomic E-state index is -0.333. The number of fused-ring (bicyclic) bond motifs is 1. The van der Waals surface area contributed by atoms with Crippen molar-refractivity contribution in [2.75, 3.05) is 5.33 Å². The molecule has 0 saturated heterocycles. The Balaban J connectivity index is 2.02. The first-order valence-electron chi connectivity index (χ1n) is 7.62. The van der Waals surface area contributed by atoms with Gasteiger partial charge >= 0.3 is 0 Å². The van der Waals surface area contributed by atoms with E-state index in [2.05, 4.69) is 20.9 Å². The number of halogens is 2. The first kappa shape index (κ1) is 17.4. The maximum absolute atomic E-state index is 13.4. The molecular weight excluding hydrogens is 389 g/mol. The van der Waals surface area contributed by atoms with Gasteiger partial charge in [-0.15, -0.1) is 0 Å². The number of nitrogens with one attached hydrogen (secondary N) is 1. The van der Waals surface area contributed by atoms with E-state index in [9.17, 15) is 14.0 Å². The van der Waals surface area contributed by atoms with E-state index in [4.69, 9.17) is 4.74 Å². The summed E-state index contributed by atoms with van der Waals surface area (Å²) < 4.78 is 19.2. The van der Waals surface area contributed by atoms with E-state index in [0.717, 1.165) is 5.56 Å². The molecule has 0 amide bonds. The zero-order valence-electron chi connectivity index (χ0n) is 13.4. The van der Waals surface area contributed by atoms with E-state index in [1.165, 1.54) is 18.2 Å². The maximum Gasteiger partial charge on any atom is 0.248 e. The van der Waals surface area contributed by atoms with Crippen LogP contribution in [-0.2, 0) is 6.61 Å². The first-order chi connectivity index (χ1) is 12.0. The number of aromatic amines is 1. The maximum atomic E-state index is 13.4. The van der Waals surface area contributed by atoms with Crippen molar-refractivity contribution in [3.8, 4) is 5.75 Å². The quantitative estimate of drug-likeness (QED) is 0.514. The number of hydrogen-bond acceptors (Lipinski definition) is 3. The summed E-state index contributed by atoms with van der Waals surface area (Å²) >= 11 is 3.16. The Bertz CT molecular complexity index is 1010. The van der Waals surface area contributed by atoms with Gasteiger partial charge in [-0.3, -0.25) is 9.59 Å². The number of H-pyrrole nitrogens is 1. The fraction of sp³-hybridized carbons (Fsp3) is 0.158. The van der Waals surface area contributed by atoms with E-state index in [0.29, 0.717) is 27.8 Å². The molecule has 4 nitrogen and oxygen atoms in total. The number of alkyl halides is 1. The van der Waals surface area contributed by atoms with Crippen LogP contribution < -0.4 is 10.3 Å². The SMILES string of the molecule is Cc1ccc(F)cc1COc1ccc(C(=O)CBr)c2ccc(=O)[nH]c12. The molecule has 0 aliphatic carbocycles. The van der Waals surface area contributed by atoms with Gasteiger partial charge in [0.05, 0.1) is 10.8 Å². The molecule has 0 fully saturated rings. The fourth-order valence-electron chi connectivity index (χ4n) is 2.61. The Morgan fingerprint density at radius 2 is 2.00 bits per heavy atom. The molecule has 0 unspecified atom stereocenters. The molecule has 0 aliphatic heterocycles. The molecule has 6 heteroatoms. The molecule has 1 N–H and O–H groups in total. The van der Waals surface area contributed by atoms with Crippen molar-refractivity contribution in [3.05, 3.63) is 75.3 Å². The molecule has 1 heterocycles. The average molecular weight is 404 g/mol. The van der Waals surface area contributed by atoms with Crippen LogP contribution in [0.25, 0.3) is 10.9 Å². The number of carbonyl (C=O) groups excluding carboxylic acids is 1. The van der Waals surface area contributed by atoms with Crippen LogP contribution in [0.5, 0.6) is 5.75 Å². The Morgan fingerprint density at radius 3 is 2.76 bits per heavy atom. The van der Waals surface area contributed by atoms with Gasteiger partial charge in [0.15, 0.2) is 5.78 Å². The topological polar surface area (TPSA) is 59.2 Å². The summed E-state index contributed by atoms with van der Waals surface area (Å²) in [4.78, 5) is 26.5. The van der Waals surface area contributed by atoms with Crippen LogP contribution in [0.2, 0.25) is 0 Å². The Labute approximate surface area is 151 Å². The summed E-state index contributed by atoms with van der Waals surface area (Å²) in [7, 11) is 0. The molecule has 128 valence electrons. The number of Topliss-reactive ketones (excluding diaryl/α,β-unsaturated/α-hetero) is 1. The minimum Gasteiger partial charge on any atom is -0.487 e. The van der Waals surface area contributed by atoms with Crippen LogP contribution >= 0.6 is 15.9 Å². The second-order valence-electron chi connectivity index (χ2n) is 5.64. The molecule has 0 aliphatic rings. The molecule has 0 bridgehead atoms. The highest BCUT2D eigenvalue weighted by Crippen LogP contribution is 2.27. The van der Waals surface area contributed by atoms with Gasteiger partial charge in [-0.1, -0.05) is 22.0 Å². The van der Waals surface area contributed by atoms with Crippen LogP contribution in [0.3, 0.4) is 0 Å². The first-order valence-corrected chi connectivity index (χ1v) is 8.75. The van der Waals surface area contributed by atoms with Crippen molar-refractivity contribution in [1.82, 2.24) is 4.98 Å². The van der Waals surface area contributed by atoms with E-state index >= 15 is 0 Å². The third-order valence-corrected chi connectivity index (χ3v) is 4.48. The number of pyridine rings is 1. The largest absolute Gasteiger partial charge is 0.487 e. The van der Waals surface area contributed by atoms with Crippen molar-refractivity contribution < 1.29 is 13.9 Å². The Hall–Kier alpha value is -2.47. The van der Waals surface area contributed by atoms with E-state index < -0.39 is 0 Å². The summed E-state index contributed by atoms with van der Waals surface area (Å²) in [6, 6.07) is 10.8. The summed E-state index contributed by atoms with van der Waals surface area (Å²) in [6.45, 7) is 2.03. The lowest BCUT2D eigenvalue weighted by Crippen LogP contribution is -2.08. The molecule has 0 radical (unpaired) electrons. The van der Waals surface area contributed by atoms with Crippen LogP contribution in [0.15, 0.2) is 47.3 Å². The number of carbonyl (C=O) groups is 1. The number of rotatable bonds is 5. The lowest BCUT2D eigenvalue weighted by Gasteiger charge is -2.12. The predicted molar refractivity (Wildman–Crippen MR) is 98.2 cm³/mol. The monoisotopic (exact) mass is 403 g/mol. The lowest BCUT2D eigenvalue weighted by atomic mass is 10.0. The zero-order valence-corrected chi connectivity index (χ0v) is 15.0. The van der Waals surface area contributed by atoms with Crippen LogP contribution in [0.4, 0.5) is 4.39 Å². The Morgan fingerprint density at radius 1 is 1.20 bits per heavy atom. The molecule has 0 spiro atoms. The number of ketones is 1. The molecule has 0 saturated carbocycles. The van der Waals surface area contributed by atoms with E-state index in [1.807, 2.05) is 6.92 Å². The molecule has 3 rings (SSSR count). The standard InChI is InChI=1S/C19H15BrFNO3/c1-11-2-3-13(21)8-12(11)10-25-17-6-4-14(16(23)9-20)15-5-7-18(24)22-19(15)17/h2-8H,9-10H2,1H3,(H,22,24). The smallest absolute Gasteiger partial charge is 0.248 e. The van der Waals surface area contributed by atoms with Gasteiger partial charge in [-0.25, -0.2) is 4.39 Å². The van der Waals surface area contributed by atoms with Gasteiger partial charge in [0, 0.05) is 17.0 Å². The summed E-state index contributed by atoms with van der Waals surface area (Å²) in [5, 5.41) is 0.793. The van der Waals surface area contributed by atoms with E-state index in [-0.39, 0.29) is 29.1 Å². The van der Waals surface area contributed by atoms with Crippen LogP contribution in [-0.4, -0.2) is 16.1 Å². The third kappa shape index (κ3) is 3.64. The Kier molecular flexibility index (Phi) is 4.99. The van der Waals surface area contributed by atoms with E-state index in [1.54, 1.807) is 24.3 Å². The third-order valence-electron chi connectivity index (χ3n) is 3.97. The van der Waals surface area contributed by atoms with Gasteiger partial charge in [0.1, 0.15) is 18.2 Å². The molecule has 3 aromatic rings. The van der Waals surface area contributed by atoms with Crippen molar-refractivity contribution in [3.63, 3.8) is 0 Å². The van der Waals surface area contributed by atoms with Crippen LogP contribution in [0, 0.1) is 12.7 Å². The summed E-state index contributed by atoms with van der Waals surface area (Å²) in [6.07, 6.45) is 0. The number of ether oxygens (including phenoxy) is 1. The summed E-state index contributed by atoms with van der Waals surface area (Å²) in [5.41, 5.74) is 2.28. The molecular formula is C19H15BrFNO3. The van der Waals surface area contributed by atoms with Gasteiger partial charge in [0.2, 0.25) is 5.56 Å². The van der Waals surface area contributed by atoms with Gasteiger partial charge in [-0.05, 0) is 48.4 Å². The van der Waals surface area contributed by atoms with Crippen molar-refractivity contribution in [2.24, 2.45) is 0 Å². The number of benzene rings is 2. The lowest BCUT2D eigenvalue weighted by molar-refractivity contribution is 0.102. The number of hydrogen-bond donors (Lipinski definition) is 1. The molecule has 2 aromatic carbocycles. The highest BCUT2D eigenvalue weighted by molar-refractivity contribution is 9.09. The van der Waals surface area contributed by atoms with Crippen LogP contribution in [0.1, 0.15) is 21.5 Å². The van der Waals surface area contributed by atoms with Gasteiger partial charge in [0.25, 0.3) is 0 Å². The predicted octanol–water partition coefficient (Wildman–Crippen LogP) is 4.13. The summed E-state index contributed by atoms with van der Waals surface area (Å²) in [5.74, 6) is 0.00721. The minimum absolute atomic E-state index is 0.0930. The van der Waals surface area contributed by atoms with Crippen molar-refractivity contribution in [2.45, 2.75) is 13.5 Å². The molecule has 0 atom stereocenters. The second kappa shape index (κ2) is 7.19. The highest BCUT2D eigenvalue weighted by Gasteiger charge is 2.13. The van der Waals surface area contributed by atoms with Crippen molar-refractivity contribution in [1.29, 1.82) is 0 Å². The number of aryl methyl sites for hydroxylation is 1. The zero-order chi connectivity index (χ0) is 18.0. The average Bonchev–Trinajstić information content (AvgIpc) is 2.61. The molecule has 1 aromatic heterocycles. The normalized spacial score (nSPS) is 10.8. The molecule has 25 heavy (non-hydrogen) atoms. The van der Waals surface area contributed by atoms with Gasteiger partial charge < -0.3 is 9.72 Å². The highest BCUT2D eigenvalue weighted by atomic mass is 79.9. The van der Waals surface area contributed by atoms with Crippen molar-refractivity contribution >= 4 is 32.6 Å². The second-order valence-corrected chi connectivity index (χ2v) is 6.20. The van der Waals surface area contributed by atoms with Gasteiger partial charge in [-0.2, -0.15) is 0 Å². The fourth-order valence-corrected chi connectivity index (χ4v) is 2.91. The number of aromatic nitrogens is 1.